The molecule has 2 aromatic carbocycles. The molecule has 0 atom stereocenters. The molecule has 0 aliphatic carbocycles. The average Bonchev–Trinajstić information content (AvgIpc) is 2.90. The van der Waals surface area contributed by atoms with E-state index in [2.05, 4.69) is 11.2 Å². The minimum Gasteiger partial charge on any atom is -0.272 e. The first kappa shape index (κ1) is 12.1. The van der Waals surface area contributed by atoms with Crippen LogP contribution in [0.25, 0.3) is 0 Å². The average molecular weight is 261 g/mol. The second-order valence-electron chi connectivity index (χ2n) is 4.46. The highest BCUT2D eigenvalue weighted by atomic mass is 16.2. The van der Waals surface area contributed by atoms with E-state index in [0.717, 1.165) is 11.3 Å². The summed E-state index contributed by atoms with van der Waals surface area (Å²) in [6, 6.07) is 18.6. The summed E-state index contributed by atoms with van der Waals surface area (Å²) in [5, 5.41) is 14.7. The van der Waals surface area contributed by atoms with Crippen LogP contribution < -0.4 is 5.01 Å². The lowest BCUT2D eigenvalue weighted by atomic mass is 10.1. The lowest BCUT2D eigenvalue weighted by Gasteiger charge is -2.11. The van der Waals surface area contributed by atoms with Gasteiger partial charge >= 0.3 is 0 Å². The van der Waals surface area contributed by atoms with Gasteiger partial charge in [-0.3, -0.25) is 4.79 Å². The third-order valence-corrected chi connectivity index (χ3v) is 3.10. The Hall–Kier alpha value is -2.93. The number of carbonyl (C=O) groups excluding carboxylic acids is 1. The van der Waals surface area contributed by atoms with Crippen molar-refractivity contribution in [2.24, 2.45) is 5.10 Å². The van der Waals surface area contributed by atoms with Gasteiger partial charge in [0.2, 0.25) is 0 Å². The second kappa shape index (κ2) is 4.98. The molecule has 0 radical (unpaired) electrons. The maximum atomic E-state index is 12.1. The first-order chi connectivity index (χ1) is 9.78. The van der Waals surface area contributed by atoms with Crippen molar-refractivity contribution in [3.05, 3.63) is 65.7 Å². The Balaban J connectivity index is 1.97. The predicted molar refractivity (Wildman–Crippen MR) is 76.2 cm³/mol. The molecule has 3 rings (SSSR count). The third-order valence-electron chi connectivity index (χ3n) is 3.10. The summed E-state index contributed by atoms with van der Waals surface area (Å²) in [6.45, 7) is 0. The number of nitriles is 1. The van der Waals surface area contributed by atoms with Crippen LogP contribution in [0.2, 0.25) is 0 Å². The Morgan fingerprint density at radius 1 is 1.10 bits per heavy atom. The number of rotatable bonds is 2. The molecule has 1 heterocycles. The molecule has 96 valence electrons. The molecule has 1 aliphatic rings. The zero-order valence-electron chi connectivity index (χ0n) is 10.7. The topological polar surface area (TPSA) is 56.5 Å². The molecule has 0 aromatic heterocycles. The van der Waals surface area contributed by atoms with Crippen molar-refractivity contribution in [3.8, 4) is 6.07 Å². The van der Waals surface area contributed by atoms with E-state index in [1.165, 1.54) is 5.01 Å². The number of carbonyl (C=O) groups is 1. The fraction of sp³-hybridized carbons (Fsp3) is 0.0625. The Kier molecular flexibility index (Phi) is 3.02. The first-order valence-electron chi connectivity index (χ1n) is 6.24. The minimum atomic E-state index is -0.0843. The highest BCUT2D eigenvalue weighted by Crippen LogP contribution is 2.23. The summed E-state index contributed by atoms with van der Waals surface area (Å²) in [5.41, 5.74) is 2.83. The SMILES string of the molecule is N#Cc1cccc(N2N=C(c3ccccc3)CC2=O)c1. The lowest BCUT2D eigenvalue weighted by Crippen LogP contribution is -2.19. The van der Waals surface area contributed by atoms with Crippen LogP contribution in [0.4, 0.5) is 5.69 Å². The number of anilines is 1. The molecular weight excluding hydrogens is 250 g/mol. The van der Waals surface area contributed by atoms with Crippen molar-refractivity contribution in [1.29, 1.82) is 5.26 Å². The number of benzene rings is 2. The van der Waals surface area contributed by atoms with Crippen LogP contribution in [0.15, 0.2) is 59.7 Å². The van der Waals surface area contributed by atoms with E-state index in [-0.39, 0.29) is 12.3 Å². The van der Waals surface area contributed by atoms with Gasteiger partial charge in [0, 0.05) is 0 Å². The van der Waals surface area contributed by atoms with Gasteiger partial charge in [-0.15, -0.1) is 0 Å². The lowest BCUT2D eigenvalue weighted by molar-refractivity contribution is -0.116. The zero-order valence-corrected chi connectivity index (χ0v) is 10.7. The van der Waals surface area contributed by atoms with E-state index in [1.54, 1.807) is 24.3 Å². The molecule has 0 fully saturated rings. The Morgan fingerprint density at radius 3 is 2.65 bits per heavy atom. The third kappa shape index (κ3) is 2.17. The van der Waals surface area contributed by atoms with Gasteiger partial charge < -0.3 is 0 Å². The van der Waals surface area contributed by atoms with Crippen LogP contribution in [0.5, 0.6) is 0 Å². The predicted octanol–water partition coefficient (Wildman–Crippen LogP) is 2.70. The van der Waals surface area contributed by atoms with E-state index in [1.807, 2.05) is 30.3 Å². The van der Waals surface area contributed by atoms with Crippen LogP contribution in [0.3, 0.4) is 0 Å². The van der Waals surface area contributed by atoms with Crippen LogP contribution in [0.1, 0.15) is 17.5 Å². The van der Waals surface area contributed by atoms with Gasteiger partial charge in [-0.1, -0.05) is 36.4 Å². The molecule has 2 aromatic rings. The number of amides is 1. The Labute approximate surface area is 116 Å². The number of nitrogens with zero attached hydrogens (tertiary/aromatic N) is 3. The molecule has 0 saturated heterocycles. The standard InChI is InChI=1S/C16H11N3O/c17-11-12-5-4-8-14(9-12)19-16(20)10-15(18-19)13-6-2-1-3-7-13/h1-9H,10H2. The van der Waals surface area contributed by atoms with E-state index < -0.39 is 0 Å². The highest BCUT2D eigenvalue weighted by Gasteiger charge is 2.26. The molecule has 0 N–H and O–H groups in total. The summed E-state index contributed by atoms with van der Waals surface area (Å²) in [4.78, 5) is 12.1. The molecular formula is C16H11N3O. The van der Waals surface area contributed by atoms with E-state index in [0.29, 0.717) is 11.3 Å². The van der Waals surface area contributed by atoms with E-state index >= 15 is 0 Å². The molecule has 20 heavy (non-hydrogen) atoms. The molecule has 0 spiro atoms. The monoisotopic (exact) mass is 261 g/mol. The normalized spacial score (nSPS) is 14.1. The van der Waals surface area contributed by atoms with Crippen molar-refractivity contribution >= 4 is 17.3 Å². The van der Waals surface area contributed by atoms with Crippen molar-refractivity contribution in [2.75, 3.05) is 5.01 Å². The number of hydrazone groups is 1. The van der Waals surface area contributed by atoms with Crippen LogP contribution in [-0.4, -0.2) is 11.6 Å². The van der Waals surface area contributed by atoms with Crippen molar-refractivity contribution in [3.63, 3.8) is 0 Å². The fourth-order valence-electron chi connectivity index (χ4n) is 2.13. The molecule has 4 heteroatoms. The van der Waals surface area contributed by atoms with Gasteiger partial charge in [0.1, 0.15) is 0 Å². The summed E-state index contributed by atoms with van der Waals surface area (Å²) in [7, 11) is 0. The van der Waals surface area contributed by atoms with Gasteiger partial charge in [-0.05, 0) is 23.8 Å². The van der Waals surface area contributed by atoms with Gasteiger partial charge in [0.25, 0.3) is 5.91 Å². The number of hydrogen-bond donors (Lipinski definition) is 0. The van der Waals surface area contributed by atoms with Crippen LogP contribution in [-0.2, 0) is 4.79 Å². The maximum absolute atomic E-state index is 12.1. The summed E-state index contributed by atoms with van der Waals surface area (Å²) in [6.07, 6.45) is 0.279. The Morgan fingerprint density at radius 2 is 1.90 bits per heavy atom. The van der Waals surface area contributed by atoms with Gasteiger partial charge in [0.05, 0.1) is 29.5 Å². The largest absolute Gasteiger partial charge is 0.272 e. The molecule has 1 aliphatic heterocycles. The minimum absolute atomic E-state index is 0.0843. The van der Waals surface area contributed by atoms with Gasteiger partial charge in [-0.25, -0.2) is 5.01 Å². The second-order valence-corrected chi connectivity index (χ2v) is 4.46. The maximum Gasteiger partial charge on any atom is 0.253 e. The summed E-state index contributed by atoms with van der Waals surface area (Å²) in [5.74, 6) is -0.0843. The summed E-state index contributed by atoms with van der Waals surface area (Å²) >= 11 is 0. The Bertz CT molecular complexity index is 729. The van der Waals surface area contributed by atoms with Crippen molar-refractivity contribution in [2.45, 2.75) is 6.42 Å². The fourth-order valence-corrected chi connectivity index (χ4v) is 2.13. The molecule has 0 saturated carbocycles. The zero-order chi connectivity index (χ0) is 13.9. The van der Waals surface area contributed by atoms with Crippen molar-refractivity contribution in [1.82, 2.24) is 0 Å². The van der Waals surface area contributed by atoms with Gasteiger partial charge in [-0.2, -0.15) is 10.4 Å². The van der Waals surface area contributed by atoms with Crippen LogP contribution >= 0.6 is 0 Å². The molecule has 0 bridgehead atoms. The quantitative estimate of drug-likeness (QED) is 0.834. The number of hydrogen-bond acceptors (Lipinski definition) is 3. The van der Waals surface area contributed by atoms with Gasteiger partial charge in [0.15, 0.2) is 0 Å². The smallest absolute Gasteiger partial charge is 0.253 e. The van der Waals surface area contributed by atoms with E-state index in [4.69, 9.17) is 5.26 Å². The molecule has 0 unspecified atom stereocenters. The van der Waals surface area contributed by atoms with Crippen LogP contribution in [0, 0.1) is 11.3 Å². The molecule has 1 amide bonds. The van der Waals surface area contributed by atoms with E-state index in [9.17, 15) is 4.79 Å². The highest BCUT2D eigenvalue weighted by molar-refractivity contribution is 6.19. The first-order valence-corrected chi connectivity index (χ1v) is 6.24. The van der Waals surface area contributed by atoms with Crippen molar-refractivity contribution < 1.29 is 4.79 Å². The molecule has 4 nitrogen and oxygen atoms in total. The summed E-state index contributed by atoms with van der Waals surface area (Å²) < 4.78 is 0.